The van der Waals surface area contributed by atoms with Gasteiger partial charge < -0.3 is 14.7 Å². The number of nitrogens with zero attached hydrogens (tertiary/aromatic N) is 3. The van der Waals surface area contributed by atoms with Crippen LogP contribution in [-0.4, -0.2) is 31.1 Å². The number of phenols is 1. The van der Waals surface area contributed by atoms with Crippen LogP contribution >= 0.6 is 0 Å². The van der Waals surface area contributed by atoms with Gasteiger partial charge >= 0.3 is 0 Å². The molecule has 4 rings (SSSR count). The molecular weight excluding hydrogens is 432 g/mol. The number of aryl methyl sites for hydroxylation is 1. The minimum absolute atomic E-state index is 0.00298. The normalized spacial score (nSPS) is 12.7. The number of nitrogens with one attached hydrogen (secondary N) is 1. The van der Waals surface area contributed by atoms with Gasteiger partial charge in [-0.1, -0.05) is 71.9 Å². The van der Waals surface area contributed by atoms with Crippen molar-refractivity contribution in [3.8, 4) is 5.75 Å². The highest BCUT2D eigenvalue weighted by molar-refractivity contribution is 5.83. The minimum atomic E-state index is -0.144. The third-order valence-corrected chi connectivity index (χ3v) is 6.92. The van der Waals surface area contributed by atoms with Crippen LogP contribution in [0.5, 0.6) is 5.75 Å². The lowest BCUT2D eigenvalue weighted by atomic mass is 9.79. The fourth-order valence-corrected chi connectivity index (χ4v) is 4.64. The predicted octanol–water partition coefficient (Wildman–Crippen LogP) is 6.45. The molecule has 0 aliphatic rings. The van der Waals surface area contributed by atoms with E-state index in [9.17, 15) is 5.11 Å². The van der Waals surface area contributed by atoms with E-state index < -0.39 is 0 Å². The van der Waals surface area contributed by atoms with Gasteiger partial charge in [0.15, 0.2) is 0 Å². The number of phenolic OH excluding ortho intramolecular Hbond substituents is 1. The highest BCUT2D eigenvalue weighted by Gasteiger charge is 2.26. The SMILES string of the molecule is Cn1ccnc1CN(CCc1c[nH]c2ccccc12)Cc1cc(C(C)(C)C)cc(C(C)(C)C)c1O. The van der Waals surface area contributed by atoms with Gasteiger partial charge in [-0.15, -0.1) is 0 Å². The molecule has 0 bridgehead atoms. The van der Waals surface area contributed by atoms with Gasteiger partial charge in [0.1, 0.15) is 11.6 Å². The number of H-pyrrole nitrogens is 1. The summed E-state index contributed by atoms with van der Waals surface area (Å²) in [5.41, 5.74) is 5.58. The van der Waals surface area contributed by atoms with E-state index in [1.807, 2.05) is 19.4 Å². The Morgan fingerprint density at radius 2 is 1.71 bits per heavy atom. The molecule has 0 radical (unpaired) electrons. The Bertz CT molecular complexity index is 1300. The van der Waals surface area contributed by atoms with Crippen LogP contribution in [-0.2, 0) is 37.4 Å². The van der Waals surface area contributed by atoms with Gasteiger partial charge in [-0.05, 0) is 40.0 Å². The number of rotatable bonds is 7. The van der Waals surface area contributed by atoms with Gasteiger partial charge in [-0.25, -0.2) is 4.98 Å². The molecule has 0 aliphatic heterocycles. The van der Waals surface area contributed by atoms with Gasteiger partial charge in [-0.2, -0.15) is 0 Å². The Kier molecular flexibility index (Phi) is 6.83. The van der Waals surface area contributed by atoms with Gasteiger partial charge in [0, 0.05) is 55.2 Å². The Labute approximate surface area is 209 Å². The summed E-state index contributed by atoms with van der Waals surface area (Å²) in [6.45, 7) is 15.4. The summed E-state index contributed by atoms with van der Waals surface area (Å²) in [6, 6.07) is 12.8. The number of aromatic hydroxyl groups is 1. The molecule has 186 valence electrons. The molecule has 2 aromatic carbocycles. The van der Waals surface area contributed by atoms with Crippen molar-refractivity contribution in [1.29, 1.82) is 0 Å². The molecule has 0 atom stereocenters. The number of benzene rings is 2. The molecule has 5 heteroatoms. The van der Waals surface area contributed by atoms with Gasteiger partial charge in [-0.3, -0.25) is 4.90 Å². The van der Waals surface area contributed by atoms with Crippen LogP contribution in [0, 0.1) is 0 Å². The summed E-state index contributed by atoms with van der Waals surface area (Å²) in [5, 5.41) is 12.7. The van der Waals surface area contributed by atoms with Crippen molar-refractivity contribution in [3.05, 3.63) is 83.1 Å². The maximum atomic E-state index is 11.4. The minimum Gasteiger partial charge on any atom is -0.507 e. The third kappa shape index (κ3) is 5.62. The topological polar surface area (TPSA) is 57.1 Å². The van der Waals surface area contributed by atoms with Crippen molar-refractivity contribution in [3.63, 3.8) is 0 Å². The van der Waals surface area contributed by atoms with E-state index in [0.717, 1.165) is 36.5 Å². The largest absolute Gasteiger partial charge is 0.507 e. The van der Waals surface area contributed by atoms with Crippen molar-refractivity contribution in [2.24, 2.45) is 7.05 Å². The van der Waals surface area contributed by atoms with E-state index >= 15 is 0 Å². The molecule has 0 fully saturated rings. The highest BCUT2D eigenvalue weighted by atomic mass is 16.3. The lowest BCUT2D eigenvalue weighted by Crippen LogP contribution is -2.27. The molecular formula is C30H40N4O. The van der Waals surface area contributed by atoms with E-state index in [1.54, 1.807) is 0 Å². The number of para-hydroxylation sites is 1. The molecule has 2 heterocycles. The average Bonchev–Trinajstić information content (AvgIpc) is 3.37. The van der Waals surface area contributed by atoms with E-state index in [4.69, 9.17) is 0 Å². The van der Waals surface area contributed by atoms with Crippen LogP contribution in [0.2, 0.25) is 0 Å². The van der Waals surface area contributed by atoms with Gasteiger partial charge in [0.05, 0.1) is 6.54 Å². The van der Waals surface area contributed by atoms with E-state index in [1.165, 1.54) is 22.0 Å². The predicted molar refractivity (Wildman–Crippen MR) is 145 cm³/mol. The second kappa shape index (κ2) is 9.54. The standard InChI is InChI=1S/C30H40N4O/c1-29(2,3)23-16-22(28(35)25(17-23)30(4,5)6)19-34(20-27-31-13-15-33(27)7)14-12-21-18-32-26-11-9-8-10-24(21)26/h8-11,13,15-18,32,35H,12,14,19-20H2,1-7H3. The Morgan fingerprint density at radius 1 is 0.971 bits per heavy atom. The van der Waals surface area contributed by atoms with Crippen LogP contribution in [0.15, 0.2) is 55.0 Å². The van der Waals surface area contributed by atoms with Crippen LogP contribution in [0.1, 0.15) is 69.6 Å². The lowest BCUT2D eigenvalue weighted by Gasteiger charge is -2.29. The number of aromatic amines is 1. The number of hydrogen-bond acceptors (Lipinski definition) is 3. The van der Waals surface area contributed by atoms with Crippen molar-refractivity contribution in [2.75, 3.05) is 6.54 Å². The fourth-order valence-electron chi connectivity index (χ4n) is 4.64. The molecule has 0 saturated heterocycles. The van der Waals surface area contributed by atoms with Crippen LogP contribution in [0.3, 0.4) is 0 Å². The lowest BCUT2D eigenvalue weighted by molar-refractivity contribution is 0.247. The van der Waals surface area contributed by atoms with Crippen molar-refractivity contribution in [2.45, 2.75) is 71.9 Å². The zero-order valence-electron chi connectivity index (χ0n) is 22.3. The first-order valence-electron chi connectivity index (χ1n) is 12.5. The zero-order chi connectivity index (χ0) is 25.4. The first kappa shape index (κ1) is 25.1. The molecule has 0 amide bonds. The highest BCUT2D eigenvalue weighted by Crippen LogP contribution is 2.38. The number of hydrogen-bond donors (Lipinski definition) is 2. The summed E-state index contributed by atoms with van der Waals surface area (Å²) in [4.78, 5) is 10.4. The molecule has 2 N–H and O–H groups in total. The Hall–Kier alpha value is -3.05. The Balaban J connectivity index is 1.68. The molecule has 0 saturated carbocycles. The smallest absolute Gasteiger partial charge is 0.123 e. The average molecular weight is 473 g/mol. The molecule has 35 heavy (non-hydrogen) atoms. The van der Waals surface area contributed by atoms with Crippen LogP contribution in [0.4, 0.5) is 0 Å². The van der Waals surface area contributed by atoms with Crippen molar-refractivity contribution in [1.82, 2.24) is 19.4 Å². The molecule has 0 unspecified atom stereocenters. The van der Waals surface area contributed by atoms with Gasteiger partial charge in [0.25, 0.3) is 0 Å². The Morgan fingerprint density at radius 3 is 2.37 bits per heavy atom. The maximum Gasteiger partial charge on any atom is 0.123 e. The maximum absolute atomic E-state index is 11.4. The zero-order valence-corrected chi connectivity index (χ0v) is 22.3. The summed E-state index contributed by atoms with van der Waals surface area (Å²) in [7, 11) is 2.04. The van der Waals surface area contributed by atoms with Crippen molar-refractivity contribution >= 4 is 10.9 Å². The van der Waals surface area contributed by atoms with E-state index in [-0.39, 0.29) is 10.8 Å². The summed E-state index contributed by atoms with van der Waals surface area (Å²) >= 11 is 0. The molecule has 5 nitrogen and oxygen atoms in total. The number of imidazole rings is 1. The van der Waals surface area contributed by atoms with Gasteiger partial charge in [0.2, 0.25) is 0 Å². The summed E-state index contributed by atoms with van der Waals surface area (Å²) in [5.74, 6) is 1.44. The van der Waals surface area contributed by atoms with Crippen molar-refractivity contribution < 1.29 is 5.11 Å². The second-order valence-corrected chi connectivity index (χ2v) is 11.8. The molecule has 4 aromatic rings. The number of fused-ring (bicyclic) bond motifs is 1. The second-order valence-electron chi connectivity index (χ2n) is 11.8. The molecule has 2 aromatic heterocycles. The fraction of sp³-hybridized carbons (Fsp3) is 0.433. The first-order valence-corrected chi connectivity index (χ1v) is 12.5. The first-order chi connectivity index (χ1) is 16.4. The van der Waals surface area contributed by atoms with E-state index in [2.05, 4.69) is 104 Å². The molecule has 0 spiro atoms. The monoisotopic (exact) mass is 472 g/mol. The van der Waals surface area contributed by atoms with Crippen LogP contribution in [0.25, 0.3) is 10.9 Å². The van der Waals surface area contributed by atoms with Crippen LogP contribution < -0.4 is 0 Å². The summed E-state index contributed by atoms with van der Waals surface area (Å²) in [6.07, 6.45) is 6.88. The number of aromatic nitrogens is 3. The van der Waals surface area contributed by atoms with E-state index in [0.29, 0.717) is 12.3 Å². The quantitative estimate of drug-likeness (QED) is 0.325. The third-order valence-electron chi connectivity index (χ3n) is 6.92. The summed E-state index contributed by atoms with van der Waals surface area (Å²) < 4.78 is 2.07. The molecule has 0 aliphatic carbocycles.